The van der Waals surface area contributed by atoms with Crippen LogP contribution < -0.4 is 5.73 Å². The summed E-state index contributed by atoms with van der Waals surface area (Å²) in [6, 6.07) is 2.80. The highest BCUT2D eigenvalue weighted by atomic mass is 32.2. The molecular weight excluding hydrogens is 232 g/mol. The fourth-order valence-electron chi connectivity index (χ4n) is 1.03. The number of primary amides is 1. The Morgan fingerprint density at radius 1 is 1.56 bits per heavy atom. The van der Waals surface area contributed by atoms with Crippen molar-refractivity contribution < 1.29 is 18.3 Å². The molecule has 0 fully saturated rings. The van der Waals surface area contributed by atoms with Gasteiger partial charge in [0, 0.05) is 12.8 Å². The Bertz CT molecular complexity index is 484. The van der Waals surface area contributed by atoms with Gasteiger partial charge in [-0.1, -0.05) is 0 Å². The van der Waals surface area contributed by atoms with E-state index < -0.39 is 15.1 Å². The fourth-order valence-corrected chi connectivity index (χ4v) is 1.73. The Kier molecular flexibility index (Phi) is 3.97. The quantitative estimate of drug-likeness (QED) is 0.765. The largest absolute Gasteiger partial charge is 0.396 e. The van der Waals surface area contributed by atoms with Crippen LogP contribution in [0.25, 0.3) is 0 Å². The van der Waals surface area contributed by atoms with Crippen LogP contribution in [0.3, 0.4) is 0 Å². The molecule has 3 N–H and O–H groups in total. The molecule has 7 heteroatoms. The summed E-state index contributed by atoms with van der Waals surface area (Å²) in [6.45, 7) is -0.0414. The van der Waals surface area contributed by atoms with Crippen molar-refractivity contribution >= 4 is 15.1 Å². The van der Waals surface area contributed by atoms with E-state index in [0.29, 0.717) is 12.0 Å². The standard InChI is InChI=1S/C9H11N2O4S/c10-9(13)16(14,15)8-6-7(2-1-5-12)3-4-11-8/h2-4,6,12H,1,5H2,(H2,10,13). The molecule has 1 heterocycles. The Hall–Kier alpha value is -1.47. The first-order chi connectivity index (χ1) is 7.48. The lowest BCUT2D eigenvalue weighted by Crippen LogP contribution is -2.22. The lowest BCUT2D eigenvalue weighted by Gasteiger charge is -2.02. The third-order valence-corrected chi connectivity index (χ3v) is 3.11. The van der Waals surface area contributed by atoms with Gasteiger partial charge in [-0.3, -0.25) is 4.79 Å². The van der Waals surface area contributed by atoms with E-state index in [2.05, 4.69) is 4.98 Å². The molecule has 1 aromatic heterocycles. The average molecular weight is 243 g/mol. The van der Waals surface area contributed by atoms with Crippen molar-refractivity contribution in [2.24, 2.45) is 5.73 Å². The van der Waals surface area contributed by atoms with Crippen LogP contribution in [-0.2, 0) is 9.84 Å². The van der Waals surface area contributed by atoms with Gasteiger partial charge in [0.1, 0.15) is 0 Å². The zero-order chi connectivity index (χ0) is 12.2. The molecule has 1 rings (SSSR count). The lowest BCUT2D eigenvalue weighted by molar-refractivity contribution is 0.265. The molecule has 0 unspecified atom stereocenters. The zero-order valence-corrected chi connectivity index (χ0v) is 9.14. The molecule has 0 aliphatic carbocycles. The van der Waals surface area contributed by atoms with Crippen LogP contribution in [0.4, 0.5) is 4.79 Å². The number of amides is 1. The van der Waals surface area contributed by atoms with Crippen LogP contribution in [0.15, 0.2) is 23.4 Å². The number of carbonyl (C=O) groups is 1. The van der Waals surface area contributed by atoms with Gasteiger partial charge in [0.05, 0.1) is 0 Å². The third kappa shape index (κ3) is 2.77. The molecule has 87 valence electrons. The first-order valence-corrected chi connectivity index (χ1v) is 5.91. The molecule has 0 aliphatic rings. The van der Waals surface area contributed by atoms with Gasteiger partial charge in [0.2, 0.25) is 0 Å². The Labute approximate surface area is 93.0 Å². The number of aliphatic hydroxyl groups is 1. The molecule has 1 aromatic rings. The Balaban J connectivity index is 3.03. The molecule has 1 radical (unpaired) electrons. The van der Waals surface area contributed by atoms with Crippen LogP contribution in [0.5, 0.6) is 0 Å². The highest BCUT2D eigenvalue weighted by Crippen LogP contribution is 2.12. The highest BCUT2D eigenvalue weighted by molar-refractivity contribution is 8.05. The molecule has 0 bridgehead atoms. The van der Waals surface area contributed by atoms with Gasteiger partial charge in [-0.05, 0) is 30.5 Å². The molecule has 0 atom stereocenters. The van der Waals surface area contributed by atoms with Crippen molar-refractivity contribution in [3.63, 3.8) is 0 Å². The van der Waals surface area contributed by atoms with Crippen molar-refractivity contribution in [2.75, 3.05) is 6.61 Å². The molecule has 0 saturated carbocycles. The number of nitrogens with zero attached hydrogens (tertiary/aromatic N) is 1. The van der Waals surface area contributed by atoms with Gasteiger partial charge >= 0.3 is 5.24 Å². The highest BCUT2D eigenvalue weighted by Gasteiger charge is 2.23. The van der Waals surface area contributed by atoms with Gasteiger partial charge in [-0.25, -0.2) is 13.4 Å². The Morgan fingerprint density at radius 2 is 2.25 bits per heavy atom. The van der Waals surface area contributed by atoms with Gasteiger partial charge in [-0.15, -0.1) is 0 Å². The smallest absolute Gasteiger partial charge is 0.340 e. The third-order valence-electron chi connectivity index (χ3n) is 1.81. The minimum Gasteiger partial charge on any atom is -0.396 e. The van der Waals surface area contributed by atoms with E-state index >= 15 is 0 Å². The molecule has 0 aromatic carbocycles. The maximum absolute atomic E-state index is 11.4. The minimum atomic E-state index is -4.18. The van der Waals surface area contributed by atoms with Crippen LogP contribution >= 0.6 is 0 Å². The van der Waals surface area contributed by atoms with Gasteiger partial charge < -0.3 is 10.8 Å². The predicted octanol–water partition coefficient (Wildman–Crippen LogP) is -0.131. The summed E-state index contributed by atoms with van der Waals surface area (Å²) in [5, 5.41) is 6.79. The van der Waals surface area contributed by atoms with Gasteiger partial charge in [0.15, 0.2) is 5.03 Å². The second-order valence-electron chi connectivity index (χ2n) is 2.97. The van der Waals surface area contributed by atoms with Gasteiger partial charge in [0.25, 0.3) is 9.84 Å². The summed E-state index contributed by atoms with van der Waals surface area (Å²) < 4.78 is 22.7. The van der Waals surface area contributed by atoms with Crippen molar-refractivity contribution in [3.8, 4) is 0 Å². The number of hydrogen-bond acceptors (Lipinski definition) is 5. The van der Waals surface area contributed by atoms with E-state index in [4.69, 9.17) is 10.8 Å². The number of pyridine rings is 1. The molecule has 0 saturated heterocycles. The predicted molar refractivity (Wildman–Crippen MR) is 56.1 cm³/mol. The SMILES string of the molecule is NC(=O)S(=O)(=O)c1cc([CH]CCO)ccn1. The summed E-state index contributed by atoms with van der Waals surface area (Å²) in [4.78, 5) is 14.3. The summed E-state index contributed by atoms with van der Waals surface area (Å²) in [5.74, 6) is 0. The summed E-state index contributed by atoms with van der Waals surface area (Å²) in [6.07, 6.45) is 3.28. The maximum atomic E-state index is 11.4. The second-order valence-corrected chi connectivity index (χ2v) is 4.79. The number of aromatic nitrogens is 1. The topological polar surface area (TPSA) is 110 Å². The van der Waals surface area contributed by atoms with E-state index in [-0.39, 0.29) is 11.6 Å². The second kappa shape index (κ2) is 5.04. The van der Waals surface area contributed by atoms with Crippen LogP contribution in [0.2, 0.25) is 0 Å². The van der Waals surface area contributed by atoms with E-state index in [0.717, 1.165) is 0 Å². The number of rotatable bonds is 4. The number of sulfone groups is 1. The fraction of sp³-hybridized carbons (Fsp3) is 0.222. The lowest BCUT2D eigenvalue weighted by atomic mass is 10.1. The normalized spacial score (nSPS) is 11.3. The number of hydrogen-bond donors (Lipinski definition) is 2. The average Bonchev–Trinajstić information content (AvgIpc) is 2.26. The molecule has 16 heavy (non-hydrogen) atoms. The van der Waals surface area contributed by atoms with Crippen molar-refractivity contribution in [2.45, 2.75) is 11.4 Å². The van der Waals surface area contributed by atoms with E-state index in [1.165, 1.54) is 12.3 Å². The number of nitrogens with two attached hydrogens (primary N) is 1. The maximum Gasteiger partial charge on any atom is 0.340 e. The van der Waals surface area contributed by atoms with Crippen molar-refractivity contribution in [1.29, 1.82) is 0 Å². The van der Waals surface area contributed by atoms with E-state index in [1.807, 2.05) is 0 Å². The van der Waals surface area contributed by atoms with Crippen molar-refractivity contribution in [1.82, 2.24) is 4.98 Å². The minimum absolute atomic E-state index is 0.0414. The number of aliphatic hydroxyl groups excluding tert-OH is 1. The molecule has 0 aliphatic heterocycles. The monoisotopic (exact) mass is 243 g/mol. The Morgan fingerprint density at radius 3 is 2.81 bits per heavy atom. The molecule has 6 nitrogen and oxygen atoms in total. The molecular formula is C9H11N2O4S. The van der Waals surface area contributed by atoms with Crippen LogP contribution in [0, 0.1) is 6.42 Å². The van der Waals surface area contributed by atoms with Crippen LogP contribution in [0.1, 0.15) is 12.0 Å². The molecule has 1 amide bonds. The number of carbonyl (C=O) groups excluding carboxylic acids is 1. The van der Waals surface area contributed by atoms with Crippen LogP contribution in [-0.4, -0.2) is 30.4 Å². The van der Waals surface area contributed by atoms with Gasteiger partial charge in [-0.2, -0.15) is 0 Å². The summed E-state index contributed by atoms with van der Waals surface area (Å²) >= 11 is 0. The van der Waals surface area contributed by atoms with E-state index in [9.17, 15) is 13.2 Å². The first kappa shape index (κ1) is 12.6. The summed E-state index contributed by atoms with van der Waals surface area (Å²) in [5.41, 5.74) is 5.29. The summed E-state index contributed by atoms with van der Waals surface area (Å²) in [7, 11) is -4.18. The van der Waals surface area contributed by atoms with Crippen molar-refractivity contribution in [3.05, 3.63) is 30.3 Å². The first-order valence-electron chi connectivity index (χ1n) is 4.43. The zero-order valence-electron chi connectivity index (χ0n) is 8.33. The van der Waals surface area contributed by atoms with E-state index in [1.54, 1.807) is 12.5 Å². The molecule has 0 spiro atoms.